The van der Waals surface area contributed by atoms with E-state index < -0.39 is 0 Å². The van der Waals surface area contributed by atoms with Crippen LogP contribution < -0.4 is 40.1 Å². The SMILES string of the molecule is CC(C)(C)c1ccc2cc(-c3cccnc3)c(N)nc2c1.CC(C)(C)c1ccc2ccc(N)nc2n1.CC(C)(C)c1ccc2nc(N)c(-c3ccc(F)cc3)cc2c1.CC(C)(C)c1ccc2nc(N)c(-c3cccnc3)cc2c1.CC(C)(C)c1cnc2nc(N)ccc2c1.Cc1nocc1-c1cc2cc(C(C)(C)C)ccc2nc1N.Cc1nocc1-c1cc2ccc(C(C)(C)C)cc2nc1N. The predicted molar refractivity (Wildman–Crippen MR) is 562 cm³/mol. The highest BCUT2D eigenvalue weighted by molar-refractivity contribution is 5.94. The normalized spacial score (nSPS) is 11.9. The highest BCUT2D eigenvalue weighted by Gasteiger charge is 2.24. The topological polar surface area (TPSA) is 376 Å². The lowest BCUT2D eigenvalue weighted by Crippen LogP contribution is -2.13. The third-order valence-electron chi connectivity index (χ3n) is 23.5. The quantitative estimate of drug-likeness (QED) is 0.0841. The average Bonchev–Trinajstić information content (AvgIpc) is 1.07. The number of rotatable bonds is 5. The van der Waals surface area contributed by atoms with Gasteiger partial charge in [-0.05, 0) is 231 Å². The molecule has 19 aromatic rings. The molecule has 0 saturated heterocycles. The summed E-state index contributed by atoms with van der Waals surface area (Å²) in [7, 11) is 0. The van der Waals surface area contributed by atoms with Crippen molar-refractivity contribution in [1.82, 2.24) is 65.1 Å². The van der Waals surface area contributed by atoms with Crippen molar-refractivity contribution in [2.45, 2.75) is 197 Å². The largest absolute Gasteiger partial charge is 0.384 e. The number of anilines is 7. The van der Waals surface area contributed by atoms with Gasteiger partial charge in [-0.1, -0.05) is 222 Å². The first kappa shape index (κ1) is 98.2. The molecule has 0 bridgehead atoms. The van der Waals surface area contributed by atoms with Gasteiger partial charge in [0.2, 0.25) is 0 Å². The van der Waals surface area contributed by atoms with Crippen molar-refractivity contribution in [2.24, 2.45) is 0 Å². The van der Waals surface area contributed by atoms with Gasteiger partial charge in [0.05, 0.1) is 39.0 Å². The number of halogens is 1. The van der Waals surface area contributed by atoms with Crippen molar-refractivity contribution in [2.75, 3.05) is 40.1 Å². The fraction of sp³-hybridized carbons (Fsp3) is 0.265. The lowest BCUT2D eigenvalue weighted by molar-refractivity contribution is 0.415. The smallest absolute Gasteiger partial charge is 0.161 e. The molecule has 0 atom stereocenters. The third-order valence-corrected chi connectivity index (χ3v) is 23.5. The van der Waals surface area contributed by atoms with Crippen LogP contribution in [0, 0.1) is 19.7 Å². The Morgan fingerprint density at radius 1 is 0.257 bits per heavy atom. The molecule has 22 nitrogen and oxygen atoms in total. The summed E-state index contributed by atoms with van der Waals surface area (Å²) < 4.78 is 23.1. The van der Waals surface area contributed by atoms with E-state index in [0.717, 1.165) is 144 Å². The van der Waals surface area contributed by atoms with E-state index >= 15 is 0 Å². The molecule has 0 aliphatic carbocycles. The van der Waals surface area contributed by atoms with Gasteiger partial charge >= 0.3 is 0 Å². The van der Waals surface area contributed by atoms with Crippen LogP contribution in [0.5, 0.6) is 0 Å². The van der Waals surface area contributed by atoms with Crippen LogP contribution in [0.1, 0.15) is 196 Å². The van der Waals surface area contributed by atoms with Gasteiger partial charge in [0.25, 0.3) is 0 Å². The number of nitrogens with zero attached hydrogens (tertiary/aromatic N) is 13. The lowest BCUT2D eigenvalue weighted by atomic mass is 9.86. The molecule has 14 N–H and O–H groups in total. The van der Waals surface area contributed by atoms with Crippen LogP contribution in [0.15, 0.2) is 265 Å². The zero-order valence-corrected chi connectivity index (χ0v) is 82.3. The first-order chi connectivity index (χ1) is 63.9. The molecule has 696 valence electrons. The minimum atomic E-state index is -0.258. The van der Waals surface area contributed by atoms with Gasteiger partial charge in [-0.2, -0.15) is 0 Å². The molecule has 0 spiro atoms. The van der Waals surface area contributed by atoms with Crippen LogP contribution >= 0.6 is 0 Å². The molecule has 23 heteroatoms. The Balaban J connectivity index is 0.000000135. The summed E-state index contributed by atoms with van der Waals surface area (Å²) in [6, 6.07) is 69.8. The van der Waals surface area contributed by atoms with Crippen molar-refractivity contribution in [3.05, 3.63) is 312 Å². The number of nitrogens with two attached hydrogens (primary N) is 7. The number of aromatic nitrogens is 13. The summed E-state index contributed by atoms with van der Waals surface area (Å²) in [5.74, 6) is 3.31. The molecule has 13 aromatic heterocycles. The van der Waals surface area contributed by atoms with Crippen LogP contribution in [0.3, 0.4) is 0 Å². The Bertz CT molecular complexity index is 7520. The lowest BCUT2D eigenvalue weighted by Gasteiger charge is -2.19. The van der Waals surface area contributed by atoms with E-state index in [1.54, 1.807) is 49.2 Å². The van der Waals surface area contributed by atoms with Gasteiger partial charge in [-0.15, -0.1) is 0 Å². The molecule has 0 saturated carbocycles. The van der Waals surface area contributed by atoms with E-state index in [1.807, 2.05) is 111 Å². The predicted octanol–water partition coefficient (Wildman–Crippen LogP) is 26.4. The molecule has 0 radical (unpaired) electrons. The van der Waals surface area contributed by atoms with Crippen LogP contribution in [0.25, 0.3) is 132 Å². The number of fused-ring (bicyclic) bond motifs is 7. The van der Waals surface area contributed by atoms with Crippen LogP contribution in [-0.2, 0) is 37.9 Å². The number of pyridine rings is 11. The first-order valence-electron chi connectivity index (χ1n) is 45.4. The molecule has 0 unspecified atom stereocenters. The summed E-state index contributed by atoms with van der Waals surface area (Å²) in [6.45, 7) is 49.6. The van der Waals surface area contributed by atoms with Crippen molar-refractivity contribution in [3.8, 4) is 55.6 Å². The molecule has 19 rings (SSSR count). The fourth-order valence-electron chi connectivity index (χ4n) is 15.0. The molecular weight excluding hydrogens is 1690 g/mol. The Labute approximate surface area is 796 Å². The average molecular weight is 1810 g/mol. The second-order valence-electron chi connectivity index (χ2n) is 41.5. The number of hydrogen-bond donors (Lipinski definition) is 7. The van der Waals surface area contributed by atoms with Gasteiger partial charge < -0.3 is 49.2 Å². The maximum absolute atomic E-state index is 13.1. The van der Waals surface area contributed by atoms with E-state index in [9.17, 15) is 4.39 Å². The van der Waals surface area contributed by atoms with Crippen molar-refractivity contribution >= 4 is 117 Å². The van der Waals surface area contributed by atoms with Crippen molar-refractivity contribution in [1.29, 1.82) is 0 Å². The van der Waals surface area contributed by atoms with E-state index in [1.165, 1.54) is 45.5 Å². The second kappa shape index (κ2) is 39.5. The maximum atomic E-state index is 13.1. The van der Waals surface area contributed by atoms with E-state index in [4.69, 9.17) is 49.2 Å². The summed E-state index contributed by atoms with van der Waals surface area (Å²) in [5.41, 5.74) is 67.6. The van der Waals surface area contributed by atoms with Crippen LogP contribution in [0.4, 0.5) is 45.1 Å². The summed E-state index contributed by atoms with van der Waals surface area (Å²) in [6.07, 6.45) is 12.2. The number of aryl methyl sites for hydroxylation is 2. The molecule has 0 aliphatic heterocycles. The Hall–Kier alpha value is -15.3. The van der Waals surface area contributed by atoms with Gasteiger partial charge in [0.15, 0.2) is 11.3 Å². The Morgan fingerprint density at radius 3 is 0.971 bits per heavy atom. The fourth-order valence-corrected chi connectivity index (χ4v) is 15.0. The monoisotopic (exact) mass is 1810 g/mol. The van der Waals surface area contributed by atoms with Gasteiger partial charge in [0.1, 0.15) is 59.1 Å². The van der Waals surface area contributed by atoms with Gasteiger partial charge in [-0.25, -0.2) is 49.2 Å². The zero-order chi connectivity index (χ0) is 98.5. The number of nitrogen functional groups attached to an aromatic ring is 7. The number of benzene rings is 6. The highest BCUT2D eigenvalue weighted by atomic mass is 19.1. The molecule has 0 aliphatic rings. The number of hydrogen-bond acceptors (Lipinski definition) is 22. The molecule has 0 fully saturated rings. The summed E-state index contributed by atoms with van der Waals surface area (Å²) in [4.78, 5) is 48.2. The minimum Gasteiger partial charge on any atom is -0.384 e. The summed E-state index contributed by atoms with van der Waals surface area (Å²) >= 11 is 0. The van der Waals surface area contributed by atoms with Gasteiger partial charge in [0, 0.05) is 130 Å². The minimum absolute atomic E-state index is 0.0421. The zero-order valence-electron chi connectivity index (χ0n) is 82.3. The second-order valence-corrected chi connectivity index (χ2v) is 41.5. The first-order valence-corrected chi connectivity index (χ1v) is 45.4. The third kappa shape index (κ3) is 24.0. The molecule has 6 aromatic carbocycles. The highest BCUT2D eigenvalue weighted by Crippen LogP contribution is 2.40. The molecule has 136 heavy (non-hydrogen) atoms. The summed E-state index contributed by atoms with van der Waals surface area (Å²) in [5, 5.41) is 15.3. The van der Waals surface area contributed by atoms with Crippen LogP contribution in [0.2, 0.25) is 0 Å². The van der Waals surface area contributed by atoms with Crippen molar-refractivity contribution < 1.29 is 13.4 Å². The standard InChI is InChI=1S/C19H19FN2.2C18H19N3.2C17H19N3O.2C12H15N3/c1-19(2,3)14-6-9-17-13(10-14)11-16(18(21)22-17)12-4-7-15(20)8-5-12;1-18(2,3)14-7-6-12-9-15(13-5-4-8-20-11-13)17(19)21-16(12)10-14;1-18(2,3)14-6-7-16-13(9-14)10-15(17(19)21-16)12-5-4-8-20-11-12;1-10-14(9-21-20-10)13-8-11-7-12(17(2,3)4)5-6-15(11)19-16(13)18;1-10-14(9-21-20-10)13-7-11-5-6-12(17(2,3)4)8-15(11)19-16(13)18;1-12(2,3)9-6-4-8-5-7-10(13)15-11(8)14-9;1-12(2,3)9-6-8-4-5-10(13)15-11(8)14-7-9/h4-11H,1-3H3,(H2,21,22);2*4-11H,1-3H3,(H2,19,21);2*5-9H,1-4H3,(H2,18,19);2*4-7H,1-3H3,(H2,13,14,15). The van der Waals surface area contributed by atoms with E-state index in [2.05, 4.69) is 308 Å². The van der Waals surface area contributed by atoms with Crippen LogP contribution in [-0.4, -0.2) is 65.1 Å². The molecule has 13 heterocycles. The molecule has 0 amide bonds. The van der Waals surface area contributed by atoms with E-state index in [-0.39, 0.29) is 43.7 Å². The Kier molecular flexibility index (Phi) is 28.5. The Morgan fingerprint density at radius 2 is 0.588 bits per heavy atom. The van der Waals surface area contributed by atoms with Gasteiger partial charge in [-0.3, -0.25) is 9.97 Å². The molecular formula is C113H125FN20O2. The van der Waals surface area contributed by atoms with Crippen molar-refractivity contribution in [3.63, 3.8) is 0 Å². The maximum Gasteiger partial charge on any atom is 0.161 e. The van der Waals surface area contributed by atoms with E-state index in [0.29, 0.717) is 46.4 Å².